The summed E-state index contributed by atoms with van der Waals surface area (Å²) in [7, 11) is 1.64. The number of fused-ring (bicyclic) bond motifs is 4. The van der Waals surface area contributed by atoms with E-state index in [0.29, 0.717) is 48.7 Å². The first-order valence-electron chi connectivity index (χ1n) is 13.1. The number of aliphatic hydroxyl groups is 1. The minimum Gasteiger partial charge on any atom is -0.487 e. The van der Waals surface area contributed by atoms with Crippen LogP contribution in [0.1, 0.15) is 76.2 Å². The first-order valence-corrected chi connectivity index (χ1v) is 13.1. The van der Waals surface area contributed by atoms with Crippen molar-refractivity contribution in [3.63, 3.8) is 0 Å². The average Bonchev–Trinajstić information content (AvgIpc) is 3.30. The van der Waals surface area contributed by atoms with Crippen LogP contribution >= 0.6 is 0 Å². The molecule has 1 aromatic carbocycles. The summed E-state index contributed by atoms with van der Waals surface area (Å²) in [6, 6.07) is 3.85. The van der Waals surface area contributed by atoms with Gasteiger partial charge in [0.2, 0.25) is 11.8 Å². The summed E-state index contributed by atoms with van der Waals surface area (Å²) in [5.74, 6) is 1.12. The highest BCUT2D eigenvalue weighted by molar-refractivity contribution is 6.15. The summed E-state index contributed by atoms with van der Waals surface area (Å²) < 4.78 is 12.0. The number of ketones is 1. The monoisotopic (exact) mass is 493 g/mol. The van der Waals surface area contributed by atoms with E-state index in [0.717, 1.165) is 12.1 Å². The molecule has 192 valence electrons. The molecule has 1 amide bonds. The molecule has 8 nitrogen and oxygen atoms in total. The second kappa shape index (κ2) is 6.16. The summed E-state index contributed by atoms with van der Waals surface area (Å²) in [6.07, 6.45) is 2.16. The molecule has 6 aliphatic heterocycles. The SMILES string of the molecule is COC1=N[C@]23CN4CC[C@@](C)(O)[C@]14C[C@H]2C(C)(C)[C@@]1(C3)C(=O)Nc2c1ccc1c2C(=O)CC(C)(C)O1. The van der Waals surface area contributed by atoms with Gasteiger partial charge in [-0.25, -0.2) is 4.99 Å². The van der Waals surface area contributed by atoms with Gasteiger partial charge in [-0.1, -0.05) is 19.9 Å². The molecule has 2 saturated heterocycles. The van der Waals surface area contributed by atoms with E-state index in [1.165, 1.54) is 0 Å². The first-order chi connectivity index (χ1) is 16.7. The summed E-state index contributed by atoms with van der Waals surface area (Å²) in [5, 5.41) is 14.7. The zero-order valence-electron chi connectivity index (χ0n) is 21.9. The molecule has 36 heavy (non-hydrogen) atoms. The summed E-state index contributed by atoms with van der Waals surface area (Å²) >= 11 is 0. The van der Waals surface area contributed by atoms with Crippen LogP contribution in [0.3, 0.4) is 0 Å². The molecular weight excluding hydrogens is 458 g/mol. The van der Waals surface area contributed by atoms with Crippen molar-refractivity contribution in [3.8, 4) is 5.75 Å². The molecule has 1 saturated carbocycles. The fourth-order valence-corrected chi connectivity index (χ4v) is 9.18. The quantitative estimate of drug-likeness (QED) is 0.576. The van der Waals surface area contributed by atoms with Crippen molar-refractivity contribution in [1.29, 1.82) is 0 Å². The Labute approximate surface area is 211 Å². The third-order valence-corrected chi connectivity index (χ3v) is 10.8. The lowest BCUT2D eigenvalue weighted by molar-refractivity contribution is -0.125. The zero-order valence-corrected chi connectivity index (χ0v) is 21.9. The highest BCUT2D eigenvalue weighted by Crippen LogP contribution is 2.72. The van der Waals surface area contributed by atoms with Crippen molar-refractivity contribution in [3.05, 3.63) is 23.3 Å². The maximum Gasteiger partial charge on any atom is 0.235 e. The van der Waals surface area contributed by atoms with Gasteiger partial charge < -0.3 is 19.9 Å². The Bertz CT molecular complexity index is 1300. The van der Waals surface area contributed by atoms with Crippen LogP contribution in [-0.2, 0) is 14.9 Å². The van der Waals surface area contributed by atoms with Gasteiger partial charge in [-0.3, -0.25) is 14.5 Å². The fraction of sp³-hybridized carbons (Fsp3) is 0.679. The number of ether oxygens (including phenoxy) is 2. The predicted molar refractivity (Wildman–Crippen MR) is 134 cm³/mol. The Hall–Kier alpha value is -2.45. The molecule has 0 aromatic heterocycles. The Morgan fingerprint density at radius 1 is 1.19 bits per heavy atom. The lowest BCUT2D eigenvalue weighted by atomic mass is 9.56. The maximum atomic E-state index is 14.1. The van der Waals surface area contributed by atoms with Crippen LogP contribution in [0.15, 0.2) is 17.1 Å². The Morgan fingerprint density at radius 3 is 2.67 bits per heavy atom. The van der Waals surface area contributed by atoms with Crippen molar-refractivity contribution < 1.29 is 24.2 Å². The Kier molecular flexibility index (Phi) is 3.89. The number of aliphatic imine (C=N–C) groups is 1. The van der Waals surface area contributed by atoms with E-state index < -0.39 is 33.1 Å². The number of methoxy groups -OCH3 is 1. The molecule has 3 fully saturated rings. The van der Waals surface area contributed by atoms with Crippen molar-refractivity contribution in [2.75, 3.05) is 25.5 Å². The standard InChI is InChI=1S/C28H35N3O5/c1-23(2)11-16(32)19-17(36-23)8-7-15-20(19)29-21(33)27(15)13-26-14-31-10-9-25(5,34)28(31,22(30-26)35-6)12-18(26)24(27,3)4/h7-8,18,34H,9-14H2,1-6H3,(H,29,33)/t18-,25+,26+,27+,28-/m0/s1. The van der Waals surface area contributed by atoms with E-state index in [4.69, 9.17) is 14.5 Å². The third kappa shape index (κ3) is 2.21. The number of hydrogen-bond donors (Lipinski definition) is 2. The van der Waals surface area contributed by atoms with E-state index in [9.17, 15) is 14.7 Å². The molecular formula is C28H35N3O5. The molecule has 6 heterocycles. The summed E-state index contributed by atoms with van der Waals surface area (Å²) in [6.45, 7) is 11.5. The number of amides is 1. The van der Waals surface area contributed by atoms with Gasteiger partial charge >= 0.3 is 0 Å². The molecule has 3 spiro atoms. The summed E-state index contributed by atoms with van der Waals surface area (Å²) in [5.41, 5.74) is -2.08. The van der Waals surface area contributed by atoms with E-state index in [1.807, 2.05) is 32.9 Å². The molecule has 5 atom stereocenters. The number of nitrogens with one attached hydrogen (secondary N) is 1. The van der Waals surface area contributed by atoms with Crippen LogP contribution in [0.5, 0.6) is 5.75 Å². The number of benzene rings is 1. The smallest absolute Gasteiger partial charge is 0.235 e. The van der Waals surface area contributed by atoms with Crippen molar-refractivity contribution in [2.45, 2.75) is 88.0 Å². The van der Waals surface area contributed by atoms with E-state index in [2.05, 4.69) is 24.1 Å². The highest BCUT2D eigenvalue weighted by Gasteiger charge is 2.79. The molecule has 2 N–H and O–H groups in total. The van der Waals surface area contributed by atoms with Crippen LogP contribution in [0.4, 0.5) is 5.69 Å². The lowest BCUT2D eigenvalue weighted by Gasteiger charge is -2.60. The largest absolute Gasteiger partial charge is 0.487 e. The van der Waals surface area contributed by atoms with Crippen LogP contribution in [0.25, 0.3) is 0 Å². The normalized spacial score (nSPS) is 42.9. The molecule has 8 rings (SSSR count). The first kappa shape index (κ1) is 22.7. The number of nitrogens with zero attached hydrogens (tertiary/aromatic N) is 2. The molecule has 1 aromatic rings. The second-order valence-electron chi connectivity index (χ2n) is 13.4. The van der Waals surface area contributed by atoms with Crippen molar-refractivity contribution >= 4 is 23.3 Å². The Balaban J connectivity index is 1.42. The fourth-order valence-electron chi connectivity index (χ4n) is 9.18. The highest BCUT2D eigenvalue weighted by atomic mass is 16.5. The van der Waals surface area contributed by atoms with Gasteiger partial charge in [0.1, 0.15) is 16.9 Å². The zero-order chi connectivity index (χ0) is 25.7. The van der Waals surface area contributed by atoms with Gasteiger partial charge in [0, 0.05) is 13.1 Å². The third-order valence-electron chi connectivity index (χ3n) is 10.8. The van der Waals surface area contributed by atoms with Gasteiger partial charge in [0.25, 0.3) is 0 Å². The van der Waals surface area contributed by atoms with E-state index in [1.54, 1.807) is 7.11 Å². The number of rotatable bonds is 0. The van der Waals surface area contributed by atoms with E-state index >= 15 is 0 Å². The van der Waals surface area contributed by atoms with Crippen molar-refractivity contribution in [2.24, 2.45) is 16.3 Å². The Morgan fingerprint density at radius 2 is 1.94 bits per heavy atom. The van der Waals surface area contributed by atoms with Gasteiger partial charge in [0.15, 0.2) is 5.78 Å². The van der Waals surface area contributed by atoms with Crippen LogP contribution in [0.2, 0.25) is 0 Å². The molecule has 8 heteroatoms. The van der Waals surface area contributed by atoms with Crippen LogP contribution in [0, 0.1) is 11.3 Å². The number of anilines is 1. The number of carbonyl (C=O) groups is 2. The molecule has 1 aliphatic carbocycles. The molecule has 2 bridgehead atoms. The summed E-state index contributed by atoms with van der Waals surface area (Å²) in [4.78, 5) is 35.0. The van der Waals surface area contributed by atoms with Gasteiger partial charge in [0.05, 0.1) is 41.3 Å². The topological polar surface area (TPSA) is 100 Å². The maximum absolute atomic E-state index is 14.1. The van der Waals surface area contributed by atoms with Gasteiger partial charge in [-0.2, -0.15) is 0 Å². The average molecular weight is 494 g/mol. The second-order valence-corrected chi connectivity index (χ2v) is 13.4. The minimum absolute atomic E-state index is 0.00182. The van der Waals surface area contributed by atoms with Gasteiger partial charge in [-0.15, -0.1) is 0 Å². The lowest BCUT2D eigenvalue weighted by Crippen LogP contribution is -2.74. The van der Waals surface area contributed by atoms with Crippen LogP contribution < -0.4 is 10.1 Å². The minimum atomic E-state index is -0.967. The number of carbonyl (C=O) groups excluding carboxylic acids is 2. The molecule has 0 unspecified atom stereocenters. The number of hydrogen-bond acceptors (Lipinski definition) is 7. The van der Waals surface area contributed by atoms with Crippen molar-refractivity contribution in [1.82, 2.24) is 4.90 Å². The number of Topliss-reactive ketones (excluding diaryl/α,β-unsaturated/α-hetero) is 1. The molecule has 7 aliphatic rings. The van der Waals surface area contributed by atoms with Gasteiger partial charge in [-0.05, 0) is 63.0 Å². The van der Waals surface area contributed by atoms with Crippen LogP contribution in [-0.4, -0.2) is 70.1 Å². The predicted octanol–water partition coefficient (Wildman–Crippen LogP) is 3.06. The molecule has 0 radical (unpaired) electrons. The van der Waals surface area contributed by atoms with E-state index in [-0.39, 0.29) is 24.0 Å². The number of piperidine rings is 1.